The summed E-state index contributed by atoms with van der Waals surface area (Å²) in [4.78, 5) is 7.38. The van der Waals surface area contributed by atoms with Crippen LogP contribution >= 0.6 is 35.7 Å². The molecular weight excluding hydrogens is 395 g/mol. The van der Waals surface area contributed by atoms with E-state index in [1.165, 1.54) is 56.7 Å². The highest BCUT2D eigenvalue weighted by atomic mass is 127. The third-order valence-corrected chi connectivity index (χ3v) is 5.51. The van der Waals surface area contributed by atoms with Crippen molar-refractivity contribution in [3.05, 3.63) is 0 Å². The van der Waals surface area contributed by atoms with E-state index < -0.39 is 0 Å². The molecule has 0 radical (unpaired) electrons. The van der Waals surface area contributed by atoms with Crippen LogP contribution in [-0.4, -0.2) is 54.1 Å². The third-order valence-electron chi connectivity index (χ3n) is 4.57. The second-order valence-electron chi connectivity index (χ2n) is 6.01. The lowest BCUT2D eigenvalue weighted by Gasteiger charge is -2.47. The molecule has 124 valence electrons. The predicted octanol–water partition coefficient (Wildman–Crippen LogP) is 2.67. The average Bonchev–Trinajstić information content (AvgIpc) is 2.52. The molecule has 1 aliphatic carbocycles. The van der Waals surface area contributed by atoms with Crippen LogP contribution < -0.4 is 11.1 Å². The lowest BCUT2D eigenvalue weighted by molar-refractivity contribution is 0.0672. The van der Waals surface area contributed by atoms with Gasteiger partial charge in [0.2, 0.25) is 0 Å². The predicted molar refractivity (Wildman–Crippen MR) is 105 cm³/mol. The van der Waals surface area contributed by atoms with Crippen LogP contribution in [0.15, 0.2) is 4.99 Å². The molecule has 0 bridgehead atoms. The summed E-state index contributed by atoms with van der Waals surface area (Å²) in [6.45, 7) is 6.39. The lowest BCUT2D eigenvalue weighted by Crippen LogP contribution is -2.55. The second-order valence-corrected chi connectivity index (χ2v) is 7.24. The molecule has 1 saturated heterocycles. The Morgan fingerprint density at radius 2 is 1.90 bits per heavy atom. The third kappa shape index (κ3) is 5.78. The highest BCUT2D eigenvalue weighted by Crippen LogP contribution is 2.35. The van der Waals surface area contributed by atoms with Gasteiger partial charge >= 0.3 is 0 Å². The molecule has 0 aromatic carbocycles. The summed E-state index contributed by atoms with van der Waals surface area (Å²) >= 11 is 2.08. The number of thioether (sulfide) groups is 1. The maximum Gasteiger partial charge on any atom is 0.188 e. The molecule has 2 rings (SSSR count). The smallest absolute Gasteiger partial charge is 0.188 e. The van der Waals surface area contributed by atoms with Crippen LogP contribution in [0.3, 0.4) is 0 Å². The zero-order valence-corrected chi connectivity index (χ0v) is 16.4. The van der Waals surface area contributed by atoms with E-state index in [-0.39, 0.29) is 29.5 Å². The standard InChI is InChI=1S/C15H30N4S.HI/c1-2-8-17-14(16)18-13-15(6-4-3-5-7-15)19-9-11-20-12-10-19;/h2-13H2,1H3,(H3,16,17,18);1H. The van der Waals surface area contributed by atoms with Crippen molar-refractivity contribution >= 4 is 41.7 Å². The molecule has 1 heterocycles. The van der Waals surface area contributed by atoms with Crippen molar-refractivity contribution in [2.24, 2.45) is 10.7 Å². The van der Waals surface area contributed by atoms with Crippen molar-refractivity contribution in [3.8, 4) is 0 Å². The van der Waals surface area contributed by atoms with Gasteiger partial charge in [-0.15, -0.1) is 24.0 Å². The number of nitrogens with one attached hydrogen (secondary N) is 1. The van der Waals surface area contributed by atoms with Crippen LogP contribution in [0.5, 0.6) is 0 Å². The normalized spacial score (nSPS) is 23.4. The number of hydrogen-bond donors (Lipinski definition) is 2. The van der Waals surface area contributed by atoms with Crippen LogP contribution in [0, 0.1) is 0 Å². The van der Waals surface area contributed by atoms with Crippen molar-refractivity contribution in [1.29, 1.82) is 0 Å². The van der Waals surface area contributed by atoms with E-state index >= 15 is 0 Å². The van der Waals surface area contributed by atoms with Crippen LogP contribution in [0.4, 0.5) is 0 Å². The molecule has 2 aliphatic rings. The second kappa shape index (κ2) is 10.2. The van der Waals surface area contributed by atoms with E-state index in [1.807, 2.05) is 0 Å². The Morgan fingerprint density at radius 3 is 2.52 bits per heavy atom. The van der Waals surface area contributed by atoms with Gasteiger partial charge in [-0.3, -0.25) is 9.89 Å². The first-order chi connectivity index (χ1) is 9.77. The first-order valence-corrected chi connectivity index (χ1v) is 9.29. The quantitative estimate of drug-likeness (QED) is 0.403. The van der Waals surface area contributed by atoms with E-state index in [1.54, 1.807) is 0 Å². The number of hydrogen-bond acceptors (Lipinski definition) is 3. The SMILES string of the molecule is CCCNC(N)=NCC1(N2CCSCC2)CCCCC1.I. The molecular formula is C15H31IN4S. The van der Waals surface area contributed by atoms with Crippen molar-refractivity contribution in [3.63, 3.8) is 0 Å². The number of nitrogens with zero attached hydrogens (tertiary/aromatic N) is 2. The molecule has 4 nitrogen and oxygen atoms in total. The van der Waals surface area contributed by atoms with Gasteiger partial charge in [0, 0.05) is 36.7 Å². The van der Waals surface area contributed by atoms with E-state index in [2.05, 4.69) is 33.9 Å². The monoisotopic (exact) mass is 426 g/mol. The van der Waals surface area contributed by atoms with E-state index in [0.29, 0.717) is 5.96 Å². The van der Waals surface area contributed by atoms with Crippen LogP contribution in [0.2, 0.25) is 0 Å². The molecule has 1 saturated carbocycles. The fourth-order valence-electron chi connectivity index (χ4n) is 3.36. The van der Waals surface area contributed by atoms with Gasteiger partial charge in [-0.05, 0) is 19.3 Å². The van der Waals surface area contributed by atoms with Crippen molar-refractivity contribution in [2.75, 3.05) is 37.7 Å². The Bertz CT molecular complexity index is 313. The van der Waals surface area contributed by atoms with Gasteiger partial charge in [-0.1, -0.05) is 26.2 Å². The molecule has 2 fully saturated rings. The summed E-state index contributed by atoms with van der Waals surface area (Å²) in [5, 5.41) is 3.20. The molecule has 3 N–H and O–H groups in total. The zero-order valence-electron chi connectivity index (χ0n) is 13.3. The first kappa shape index (κ1) is 19.4. The fraction of sp³-hybridized carbons (Fsp3) is 0.933. The van der Waals surface area contributed by atoms with E-state index in [4.69, 9.17) is 5.73 Å². The van der Waals surface area contributed by atoms with E-state index in [0.717, 1.165) is 19.5 Å². The Hall–Kier alpha value is 0.310. The summed E-state index contributed by atoms with van der Waals surface area (Å²) in [5.74, 6) is 3.17. The Balaban J connectivity index is 0.00000220. The molecule has 21 heavy (non-hydrogen) atoms. The summed E-state index contributed by atoms with van der Waals surface area (Å²) in [7, 11) is 0. The maximum absolute atomic E-state index is 5.98. The summed E-state index contributed by atoms with van der Waals surface area (Å²) in [6.07, 6.45) is 7.76. The van der Waals surface area contributed by atoms with Gasteiger partial charge in [-0.25, -0.2) is 0 Å². The van der Waals surface area contributed by atoms with Gasteiger partial charge < -0.3 is 11.1 Å². The highest BCUT2D eigenvalue weighted by Gasteiger charge is 2.38. The minimum atomic E-state index is 0. The first-order valence-electron chi connectivity index (χ1n) is 8.13. The molecule has 0 aromatic rings. The molecule has 0 atom stereocenters. The zero-order chi connectivity index (χ0) is 14.3. The van der Waals surface area contributed by atoms with Crippen LogP contribution in [0.25, 0.3) is 0 Å². The largest absolute Gasteiger partial charge is 0.370 e. The summed E-state index contributed by atoms with van der Waals surface area (Å²) in [5.41, 5.74) is 6.27. The number of nitrogens with two attached hydrogens (primary N) is 1. The van der Waals surface area contributed by atoms with Gasteiger partial charge in [0.05, 0.1) is 6.54 Å². The van der Waals surface area contributed by atoms with E-state index in [9.17, 15) is 0 Å². The maximum atomic E-state index is 5.98. The molecule has 0 unspecified atom stereocenters. The molecule has 1 aliphatic heterocycles. The molecule has 6 heteroatoms. The number of rotatable bonds is 5. The number of guanidine groups is 1. The van der Waals surface area contributed by atoms with Crippen molar-refractivity contribution < 1.29 is 0 Å². The Kier molecular flexibility index (Phi) is 9.36. The number of halogens is 1. The highest BCUT2D eigenvalue weighted by molar-refractivity contribution is 14.0. The van der Waals surface area contributed by atoms with Gasteiger partial charge in [-0.2, -0.15) is 11.8 Å². The Morgan fingerprint density at radius 1 is 1.24 bits per heavy atom. The van der Waals surface area contributed by atoms with Crippen molar-refractivity contribution in [2.45, 2.75) is 51.0 Å². The minimum Gasteiger partial charge on any atom is -0.370 e. The fourth-order valence-corrected chi connectivity index (χ4v) is 4.27. The number of aliphatic imine (C=N–C) groups is 1. The van der Waals surface area contributed by atoms with Crippen LogP contribution in [-0.2, 0) is 0 Å². The summed E-state index contributed by atoms with van der Waals surface area (Å²) < 4.78 is 0. The van der Waals surface area contributed by atoms with Crippen molar-refractivity contribution in [1.82, 2.24) is 10.2 Å². The topological polar surface area (TPSA) is 53.6 Å². The summed E-state index contributed by atoms with van der Waals surface area (Å²) in [6, 6.07) is 0. The van der Waals surface area contributed by atoms with Crippen LogP contribution in [0.1, 0.15) is 45.4 Å². The molecule has 0 amide bonds. The Labute approximate surface area is 151 Å². The lowest BCUT2D eigenvalue weighted by atomic mass is 9.80. The van der Waals surface area contributed by atoms with Gasteiger partial charge in [0.15, 0.2) is 5.96 Å². The molecule has 0 spiro atoms. The average molecular weight is 426 g/mol. The molecule has 0 aromatic heterocycles. The van der Waals surface area contributed by atoms with Gasteiger partial charge in [0.1, 0.15) is 0 Å². The minimum absolute atomic E-state index is 0. The van der Waals surface area contributed by atoms with Gasteiger partial charge in [0.25, 0.3) is 0 Å².